The van der Waals surface area contributed by atoms with Crippen molar-refractivity contribution in [2.75, 3.05) is 14.2 Å². The molecular weight excluding hydrogens is 242 g/mol. The maximum Gasteiger partial charge on any atom is 0.163 e. The number of rotatable bonds is 4. The summed E-state index contributed by atoms with van der Waals surface area (Å²) in [6, 6.07) is 3.79. The van der Waals surface area contributed by atoms with Crippen LogP contribution in [0.1, 0.15) is 11.1 Å². The van der Waals surface area contributed by atoms with Crippen molar-refractivity contribution in [2.24, 2.45) is 5.73 Å². The van der Waals surface area contributed by atoms with Crippen LogP contribution in [-0.4, -0.2) is 24.2 Å². The van der Waals surface area contributed by atoms with E-state index in [9.17, 15) is 0 Å². The van der Waals surface area contributed by atoms with E-state index in [1.807, 2.05) is 19.1 Å². The average Bonchev–Trinajstić information content (AvgIpc) is 2.47. The van der Waals surface area contributed by atoms with Gasteiger partial charge in [-0.3, -0.25) is 0 Å². The normalized spacial score (nSPS) is 10.3. The molecule has 5 heteroatoms. The number of ether oxygens (including phenoxy) is 2. The maximum atomic E-state index is 5.54. The quantitative estimate of drug-likeness (QED) is 0.908. The molecule has 0 amide bonds. The molecule has 0 fully saturated rings. The third-order valence-electron chi connectivity index (χ3n) is 2.90. The Bertz CT molecular complexity index is 568. The van der Waals surface area contributed by atoms with E-state index in [0.717, 1.165) is 28.2 Å². The highest BCUT2D eigenvalue weighted by Gasteiger charge is 2.12. The molecule has 0 aliphatic heterocycles. The van der Waals surface area contributed by atoms with Crippen LogP contribution in [0.4, 0.5) is 0 Å². The lowest BCUT2D eigenvalue weighted by Gasteiger charge is -2.12. The zero-order valence-electron chi connectivity index (χ0n) is 11.3. The molecule has 2 aromatic rings. The molecule has 1 aromatic carbocycles. The lowest BCUT2D eigenvalue weighted by Crippen LogP contribution is -2.00. The molecule has 2 N–H and O–H groups in total. The van der Waals surface area contributed by atoms with Gasteiger partial charge in [0.05, 0.1) is 19.8 Å². The van der Waals surface area contributed by atoms with Crippen molar-refractivity contribution >= 4 is 0 Å². The van der Waals surface area contributed by atoms with Crippen LogP contribution in [0.5, 0.6) is 11.5 Å². The molecule has 0 aliphatic rings. The number of hydrogen-bond acceptors (Lipinski definition) is 5. The minimum atomic E-state index is 0.425. The van der Waals surface area contributed by atoms with Crippen LogP contribution < -0.4 is 15.2 Å². The number of nitrogens with two attached hydrogens (primary N) is 1. The highest BCUT2D eigenvalue weighted by molar-refractivity contribution is 5.67. The van der Waals surface area contributed by atoms with Gasteiger partial charge in [0.1, 0.15) is 11.5 Å². The minimum absolute atomic E-state index is 0.425. The molecule has 1 heterocycles. The molecule has 5 nitrogen and oxygen atoms in total. The Morgan fingerprint density at radius 3 is 2.21 bits per heavy atom. The molecular formula is C14H17N3O2. The summed E-state index contributed by atoms with van der Waals surface area (Å²) >= 11 is 0. The predicted molar refractivity (Wildman–Crippen MR) is 73.2 cm³/mol. The molecule has 0 atom stereocenters. The Balaban J connectivity index is 2.52. The first kappa shape index (κ1) is 13.3. The fourth-order valence-electron chi connectivity index (χ4n) is 1.82. The summed E-state index contributed by atoms with van der Waals surface area (Å²) < 4.78 is 10.7. The Hall–Kier alpha value is -2.14. The van der Waals surface area contributed by atoms with Crippen molar-refractivity contribution in [3.63, 3.8) is 0 Å². The number of methoxy groups -OCH3 is 2. The van der Waals surface area contributed by atoms with E-state index in [1.54, 1.807) is 26.6 Å². The monoisotopic (exact) mass is 259 g/mol. The largest absolute Gasteiger partial charge is 0.496 e. The van der Waals surface area contributed by atoms with Gasteiger partial charge in [-0.2, -0.15) is 0 Å². The van der Waals surface area contributed by atoms with Crippen LogP contribution in [-0.2, 0) is 6.54 Å². The first-order valence-electron chi connectivity index (χ1n) is 5.93. The Kier molecular flexibility index (Phi) is 3.97. The number of benzene rings is 1. The standard InChI is InChI=1S/C14H17N3O2/c1-9-4-13(19-3)11(5-12(9)18-2)14-16-7-10(6-15)8-17-14/h4-5,7-8H,6,15H2,1-3H3. The molecule has 0 unspecified atom stereocenters. The summed E-state index contributed by atoms with van der Waals surface area (Å²) in [5.41, 5.74) is 8.23. The molecule has 19 heavy (non-hydrogen) atoms. The average molecular weight is 259 g/mol. The van der Waals surface area contributed by atoms with Crippen LogP contribution >= 0.6 is 0 Å². The van der Waals surface area contributed by atoms with E-state index in [0.29, 0.717) is 12.4 Å². The van der Waals surface area contributed by atoms with E-state index in [-0.39, 0.29) is 0 Å². The molecule has 0 radical (unpaired) electrons. The second kappa shape index (κ2) is 5.67. The molecule has 0 saturated carbocycles. The number of hydrogen-bond donors (Lipinski definition) is 1. The van der Waals surface area contributed by atoms with Gasteiger partial charge < -0.3 is 15.2 Å². The van der Waals surface area contributed by atoms with Gasteiger partial charge in [0.25, 0.3) is 0 Å². The summed E-state index contributed by atoms with van der Waals surface area (Å²) in [6.07, 6.45) is 3.43. The lowest BCUT2D eigenvalue weighted by molar-refractivity contribution is 0.401. The van der Waals surface area contributed by atoms with E-state index in [1.165, 1.54) is 0 Å². The van der Waals surface area contributed by atoms with Gasteiger partial charge in [-0.1, -0.05) is 0 Å². The summed E-state index contributed by atoms with van der Waals surface area (Å²) in [4.78, 5) is 8.61. The zero-order valence-corrected chi connectivity index (χ0v) is 11.3. The Morgan fingerprint density at radius 2 is 1.68 bits per heavy atom. The Labute approximate surface area is 112 Å². The van der Waals surface area contributed by atoms with Gasteiger partial charge in [0.2, 0.25) is 0 Å². The number of aromatic nitrogens is 2. The highest BCUT2D eigenvalue weighted by Crippen LogP contribution is 2.33. The smallest absolute Gasteiger partial charge is 0.163 e. The second-order valence-electron chi connectivity index (χ2n) is 4.14. The molecule has 2 rings (SSSR count). The minimum Gasteiger partial charge on any atom is -0.496 e. The number of aryl methyl sites for hydroxylation is 1. The fraction of sp³-hybridized carbons (Fsp3) is 0.286. The van der Waals surface area contributed by atoms with Crippen molar-refractivity contribution < 1.29 is 9.47 Å². The van der Waals surface area contributed by atoms with Crippen molar-refractivity contribution in [1.82, 2.24) is 9.97 Å². The van der Waals surface area contributed by atoms with Crippen LogP contribution in [0.3, 0.4) is 0 Å². The van der Waals surface area contributed by atoms with Crippen LogP contribution in [0.25, 0.3) is 11.4 Å². The third-order valence-corrected chi connectivity index (χ3v) is 2.90. The zero-order chi connectivity index (χ0) is 13.8. The van der Waals surface area contributed by atoms with Crippen molar-refractivity contribution in [2.45, 2.75) is 13.5 Å². The SMILES string of the molecule is COc1cc(-c2ncc(CN)cn2)c(OC)cc1C. The van der Waals surface area contributed by atoms with Gasteiger partial charge >= 0.3 is 0 Å². The van der Waals surface area contributed by atoms with Gasteiger partial charge in [-0.15, -0.1) is 0 Å². The van der Waals surface area contributed by atoms with Crippen LogP contribution in [0.15, 0.2) is 24.5 Å². The predicted octanol–water partition coefficient (Wildman–Crippen LogP) is 1.93. The van der Waals surface area contributed by atoms with E-state index < -0.39 is 0 Å². The van der Waals surface area contributed by atoms with E-state index in [2.05, 4.69) is 9.97 Å². The van der Waals surface area contributed by atoms with Crippen molar-refractivity contribution in [3.05, 3.63) is 35.7 Å². The van der Waals surface area contributed by atoms with Crippen molar-refractivity contribution in [3.8, 4) is 22.9 Å². The van der Waals surface area contributed by atoms with Crippen LogP contribution in [0.2, 0.25) is 0 Å². The first-order chi connectivity index (χ1) is 9.19. The van der Waals surface area contributed by atoms with Crippen LogP contribution in [0, 0.1) is 6.92 Å². The van der Waals surface area contributed by atoms with Gasteiger partial charge in [-0.25, -0.2) is 9.97 Å². The molecule has 0 bridgehead atoms. The molecule has 0 spiro atoms. The van der Waals surface area contributed by atoms with Gasteiger partial charge in [-0.05, 0) is 24.6 Å². The summed E-state index contributed by atoms with van der Waals surface area (Å²) in [5.74, 6) is 2.09. The van der Waals surface area contributed by atoms with Gasteiger partial charge in [0, 0.05) is 24.5 Å². The maximum absolute atomic E-state index is 5.54. The lowest BCUT2D eigenvalue weighted by atomic mass is 10.1. The summed E-state index contributed by atoms with van der Waals surface area (Å²) in [7, 11) is 3.26. The Morgan fingerprint density at radius 1 is 1.05 bits per heavy atom. The third kappa shape index (κ3) is 2.66. The molecule has 0 saturated heterocycles. The molecule has 100 valence electrons. The summed E-state index contributed by atoms with van der Waals surface area (Å²) in [6.45, 7) is 2.39. The molecule has 1 aromatic heterocycles. The van der Waals surface area contributed by atoms with Crippen molar-refractivity contribution in [1.29, 1.82) is 0 Å². The number of nitrogens with zero attached hydrogens (tertiary/aromatic N) is 2. The van der Waals surface area contributed by atoms with E-state index in [4.69, 9.17) is 15.2 Å². The summed E-state index contributed by atoms with van der Waals surface area (Å²) in [5, 5.41) is 0. The van der Waals surface area contributed by atoms with E-state index >= 15 is 0 Å². The fourth-order valence-corrected chi connectivity index (χ4v) is 1.82. The topological polar surface area (TPSA) is 70.3 Å². The van der Waals surface area contributed by atoms with Gasteiger partial charge in [0.15, 0.2) is 5.82 Å². The first-order valence-corrected chi connectivity index (χ1v) is 5.93. The highest BCUT2D eigenvalue weighted by atomic mass is 16.5. The second-order valence-corrected chi connectivity index (χ2v) is 4.14. The molecule has 0 aliphatic carbocycles.